The first-order chi connectivity index (χ1) is 10.4. The second-order valence-corrected chi connectivity index (χ2v) is 5.49. The van der Waals surface area contributed by atoms with Gasteiger partial charge in [-0.3, -0.25) is 0 Å². The summed E-state index contributed by atoms with van der Waals surface area (Å²) < 4.78 is 5.48. The molecule has 1 unspecified atom stereocenters. The van der Waals surface area contributed by atoms with Crippen molar-refractivity contribution >= 4 is 23.2 Å². The molecule has 0 aliphatic carbocycles. The monoisotopic (exact) mass is 315 g/mol. The molecule has 1 aromatic heterocycles. The Morgan fingerprint density at radius 3 is 2.77 bits per heavy atom. The first-order valence-corrected chi connectivity index (χ1v) is 7.47. The quantitative estimate of drug-likeness (QED) is 0.772. The minimum atomic E-state index is 0. The molecule has 1 N–H and O–H groups in total. The van der Waals surface area contributed by atoms with Gasteiger partial charge in [-0.25, -0.2) is 0 Å². The number of fused-ring (bicyclic) bond motifs is 1. The van der Waals surface area contributed by atoms with E-state index in [2.05, 4.69) is 33.7 Å². The van der Waals surface area contributed by atoms with Gasteiger partial charge < -0.3 is 9.84 Å². The number of piperidine rings is 1. The number of nitrogens with one attached hydrogen (secondary N) is 1. The maximum Gasteiger partial charge on any atom is 0.244 e. The van der Waals surface area contributed by atoms with Gasteiger partial charge in [-0.2, -0.15) is 4.98 Å². The number of halogens is 1. The van der Waals surface area contributed by atoms with Gasteiger partial charge in [-0.15, -0.1) is 12.4 Å². The fourth-order valence-corrected chi connectivity index (χ4v) is 2.97. The number of hydrogen-bond donors (Lipinski definition) is 1. The molecule has 2 heterocycles. The molecule has 0 amide bonds. The van der Waals surface area contributed by atoms with Crippen molar-refractivity contribution in [2.45, 2.75) is 25.3 Å². The van der Waals surface area contributed by atoms with Crippen LogP contribution in [0.5, 0.6) is 0 Å². The van der Waals surface area contributed by atoms with E-state index in [1.807, 2.05) is 24.3 Å². The summed E-state index contributed by atoms with van der Waals surface area (Å²) in [6.45, 7) is 1.02. The molecule has 114 valence electrons. The van der Waals surface area contributed by atoms with E-state index in [-0.39, 0.29) is 18.4 Å². The largest absolute Gasteiger partial charge is 0.337 e. The fourth-order valence-electron chi connectivity index (χ4n) is 2.97. The summed E-state index contributed by atoms with van der Waals surface area (Å²) in [4.78, 5) is 4.61. The Kier molecular flexibility index (Phi) is 4.41. The summed E-state index contributed by atoms with van der Waals surface area (Å²) in [5, 5.41) is 9.97. The molecule has 0 bridgehead atoms. The Bertz CT molecular complexity index is 760. The fraction of sp³-hybridized carbons (Fsp3) is 0.294. The Hall–Kier alpha value is -1.91. The second kappa shape index (κ2) is 6.46. The average molecular weight is 316 g/mol. The van der Waals surface area contributed by atoms with Crippen molar-refractivity contribution in [3.8, 4) is 11.4 Å². The van der Waals surface area contributed by atoms with E-state index >= 15 is 0 Å². The Labute approximate surface area is 135 Å². The van der Waals surface area contributed by atoms with Gasteiger partial charge in [-0.1, -0.05) is 54.0 Å². The highest BCUT2D eigenvalue weighted by molar-refractivity contribution is 5.94. The van der Waals surface area contributed by atoms with Gasteiger partial charge in [0.25, 0.3) is 0 Å². The lowest BCUT2D eigenvalue weighted by Gasteiger charge is -2.19. The number of rotatable bonds is 2. The second-order valence-electron chi connectivity index (χ2n) is 5.49. The van der Waals surface area contributed by atoms with Crippen LogP contribution >= 0.6 is 12.4 Å². The minimum absolute atomic E-state index is 0. The van der Waals surface area contributed by atoms with Gasteiger partial charge >= 0.3 is 0 Å². The highest BCUT2D eigenvalue weighted by Gasteiger charge is 2.21. The number of aromatic nitrogens is 2. The zero-order valence-electron chi connectivity index (χ0n) is 12.2. The summed E-state index contributed by atoms with van der Waals surface area (Å²) in [6, 6.07) is 14.7. The highest BCUT2D eigenvalue weighted by atomic mass is 35.5. The third-order valence-electron chi connectivity index (χ3n) is 4.08. The summed E-state index contributed by atoms with van der Waals surface area (Å²) in [5.41, 5.74) is 1.03. The lowest BCUT2D eigenvalue weighted by molar-refractivity contribution is 0.297. The topological polar surface area (TPSA) is 51.0 Å². The SMILES string of the molecule is Cl.c1ccc2c(-c3noc(C4CCCCN4)n3)cccc2c1. The Balaban J connectivity index is 0.00000144. The van der Waals surface area contributed by atoms with E-state index in [9.17, 15) is 0 Å². The molecule has 0 saturated carbocycles. The van der Waals surface area contributed by atoms with Crippen LogP contribution in [-0.4, -0.2) is 16.7 Å². The average Bonchev–Trinajstić information content (AvgIpc) is 3.05. The summed E-state index contributed by atoms with van der Waals surface area (Å²) >= 11 is 0. The number of benzene rings is 2. The predicted molar refractivity (Wildman–Crippen MR) is 89.1 cm³/mol. The third kappa shape index (κ3) is 2.72. The minimum Gasteiger partial charge on any atom is -0.337 e. The number of hydrogen-bond acceptors (Lipinski definition) is 4. The van der Waals surface area contributed by atoms with Crippen LogP contribution in [0.1, 0.15) is 31.2 Å². The van der Waals surface area contributed by atoms with Crippen molar-refractivity contribution in [3.63, 3.8) is 0 Å². The molecule has 1 aliphatic rings. The van der Waals surface area contributed by atoms with Gasteiger partial charge in [0, 0.05) is 5.56 Å². The Morgan fingerprint density at radius 1 is 1.05 bits per heavy atom. The lowest BCUT2D eigenvalue weighted by Crippen LogP contribution is -2.26. The first kappa shape index (κ1) is 15.0. The molecule has 1 aliphatic heterocycles. The smallest absolute Gasteiger partial charge is 0.244 e. The van der Waals surface area contributed by atoms with Crippen LogP contribution in [0.2, 0.25) is 0 Å². The van der Waals surface area contributed by atoms with Crippen molar-refractivity contribution in [2.24, 2.45) is 0 Å². The van der Waals surface area contributed by atoms with E-state index in [0.717, 1.165) is 23.9 Å². The van der Waals surface area contributed by atoms with Gasteiger partial charge in [0.1, 0.15) is 0 Å². The molecule has 0 radical (unpaired) electrons. The predicted octanol–water partition coefficient (Wildman–Crippen LogP) is 4.13. The number of nitrogens with zero attached hydrogens (tertiary/aromatic N) is 2. The molecule has 5 heteroatoms. The molecule has 22 heavy (non-hydrogen) atoms. The summed E-state index contributed by atoms with van der Waals surface area (Å²) in [7, 11) is 0. The molecule has 1 saturated heterocycles. The van der Waals surface area contributed by atoms with E-state index in [1.165, 1.54) is 18.2 Å². The van der Waals surface area contributed by atoms with Gasteiger partial charge in [0.05, 0.1) is 6.04 Å². The summed E-state index contributed by atoms with van der Waals surface area (Å²) in [5.74, 6) is 1.38. The van der Waals surface area contributed by atoms with E-state index < -0.39 is 0 Å². The van der Waals surface area contributed by atoms with Crippen molar-refractivity contribution < 1.29 is 4.52 Å². The third-order valence-corrected chi connectivity index (χ3v) is 4.08. The van der Waals surface area contributed by atoms with Crippen LogP contribution < -0.4 is 5.32 Å². The van der Waals surface area contributed by atoms with Crippen LogP contribution in [0.4, 0.5) is 0 Å². The van der Waals surface area contributed by atoms with E-state index in [4.69, 9.17) is 4.52 Å². The molecule has 1 atom stereocenters. The van der Waals surface area contributed by atoms with Crippen LogP contribution in [0, 0.1) is 0 Å². The Morgan fingerprint density at radius 2 is 1.91 bits per heavy atom. The lowest BCUT2D eigenvalue weighted by atomic mass is 10.0. The van der Waals surface area contributed by atoms with Crippen LogP contribution in [0.15, 0.2) is 47.0 Å². The standard InChI is InChI=1S/C17H17N3O.ClH/c1-2-8-13-12(6-1)7-5-9-14(13)16-19-17(21-20-16)15-10-3-4-11-18-15;/h1-2,5-9,15,18H,3-4,10-11H2;1H. The van der Waals surface area contributed by atoms with Crippen molar-refractivity contribution in [1.29, 1.82) is 0 Å². The van der Waals surface area contributed by atoms with Crippen LogP contribution in [0.25, 0.3) is 22.2 Å². The summed E-state index contributed by atoms with van der Waals surface area (Å²) in [6.07, 6.45) is 3.50. The maximum atomic E-state index is 5.48. The zero-order chi connectivity index (χ0) is 14.1. The van der Waals surface area contributed by atoms with Gasteiger partial charge in [0.15, 0.2) is 0 Å². The van der Waals surface area contributed by atoms with Crippen LogP contribution in [0.3, 0.4) is 0 Å². The molecular formula is C17H18ClN3O. The van der Waals surface area contributed by atoms with Crippen molar-refractivity contribution in [1.82, 2.24) is 15.5 Å². The van der Waals surface area contributed by atoms with Crippen molar-refractivity contribution in [2.75, 3.05) is 6.54 Å². The molecular weight excluding hydrogens is 298 g/mol. The maximum absolute atomic E-state index is 5.48. The molecule has 3 aromatic rings. The zero-order valence-corrected chi connectivity index (χ0v) is 13.0. The van der Waals surface area contributed by atoms with Gasteiger partial charge in [0.2, 0.25) is 11.7 Å². The molecule has 2 aromatic carbocycles. The molecule has 4 nitrogen and oxygen atoms in total. The van der Waals surface area contributed by atoms with Gasteiger partial charge in [-0.05, 0) is 30.2 Å². The highest BCUT2D eigenvalue weighted by Crippen LogP contribution is 2.28. The molecule has 4 rings (SSSR count). The first-order valence-electron chi connectivity index (χ1n) is 7.47. The molecule has 1 fully saturated rings. The normalized spacial score (nSPS) is 18.1. The molecule has 0 spiro atoms. The van der Waals surface area contributed by atoms with Crippen LogP contribution in [-0.2, 0) is 0 Å². The van der Waals surface area contributed by atoms with E-state index in [0.29, 0.717) is 11.7 Å². The van der Waals surface area contributed by atoms with E-state index in [1.54, 1.807) is 0 Å². The van der Waals surface area contributed by atoms with Crippen molar-refractivity contribution in [3.05, 3.63) is 48.4 Å².